The summed E-state index contributed by atoms with van der Waals surface area (Å²) in [5.41, 5.74) is 4.00. The van der Waals surface area contributed by atoms with Crippen LogP contribution in [-0.4, -0.2) is 26.1 Å². The molecule has 2 heterocycles. The first-order valence-electron chi connectivity index (χ1n) is 4.16. The number of hydrazine groups is 1. The fraction of sp³-hybridized carbons (Fsp3) is 0. The van der Waals surface area contributed by atoms with Crippen molar-refractivity contribution in [1.29, 1.82) is 0 Å². The van der Waals surface area contributed by atoms with Gasteiger partial charge in [0.25, 0.3) is 5.91 Å². The summed E-state index contributed by atoms with van der Waals surface area (Å²) in [7, 11) is 0. The van der Waals surface area contributed by atoms with Crippen LogP contribution < -0.4 is 16.6 Å². The molecule has 0 spiro atoms. The van der Waals surface area contributed by atoms with E-state index in [0.717, 1.165) is 0 Å². The number of nitrogens with two attached hydrogens (primary N) is 1. The molecule has 0 saturated carbocycles. The Morgan fingerprint density at radius 2 is 2.25 bits per heavy atom. The molecule has 9 heteroatoms. The molecular weight excluding hydrogens is 230 g/mol. The Bertz CT molecular complexity index is 468. The zero-order valence-electron chi connectivity index (χ0n) is 7.91. The van der Waals surface area contributed by atoms with Gasteiger partial charge < -0.3 is 5.43 Å². The molecule has 0 aliphatic carbocycles. The topological polar surface area (TPSA) is 119 Å². The number of amides is 1. The zero-order valence-corrected chi connectivity index (χ0v) is 8.73. The molecule has 16 heavy (non-hydrogen) atoms. The molecule has 0 atom stereocenters. The summed E-state index contributed by atoms with van der Waals surface area (Å²) in [4.78, 5) is 19.3. The van der Waals surface area contributed by atoms with E-state index in [1.165, 1.54) is 29.2 Å². The minimum absolute atomic E-state index is 0.175. The number of carbonyl (C=O) groups is 1. The second-order valence-electron chi connectivity index (χ2n) is 2.63. The number of hydrogen-bond acceptors (Lipinski definition) is 8. The molecule has 1 amide bonds. The van der Waals surface area contributed by atoms with E-state index in [-0.39, 0.29) is 5.69 Å². The van der Waals surface area contributed by atoms with E-state index in [1.807, 2.05) is 0 Å². The SMILES string of the molecule is NNc1cnc(C(=O)Nc2nncs2)cn1. The van der Waals surface area contributed by atoms with Gasteiger partial charge in [0.2, 0.25) is 5.13 Å². The molecule has 0 saturated heterocycles. The van der Waals surface area contributed by atoms with Gasteiger partial charge in [-0.05, 0) is 0 Å². The number of rotatable bonds is 3. The number of anilines is 2. The fourth-order valence-corrected chi connectivity index (χ4v) is 1.35. The Morgan fingerprint density at radius 3 is 2.81 bits per heavy atom. The van der Waals surface area contributed by atoms with E-state index in [0.29, 0.717) is 10.9 Å². The van der Waals surface area contributed by atoms with Crippen LogP contribution in [0.2, 0.25) is 0 Å². The second-order valence-corrected chi connectivity index (χ2v) is 3.46. The monoisotopic (exact) mass is 237 g/mol. The number of carbonyl (C=O) groups excluding carboxylic acids is 1. The van der Waals surface area contributed by atoms with Gasteiger partial charge in [0, 0.05) is 0 Å². The molecule has 2 aromatic heterocycles. The summed E-state index contributed by atoms with van der Waals surface area (Å²) in [6.45, 7) is 0. The van der Waals surface area contributed by atoms with Crippen LogP contribution in [0, 0.1) is 0 Å². The van der Waals surface area contributed by atoms with Gasteiger partial charge in [0.15, 0.2) is 5.82 Å². The van der Waals surface area contributed by atoms with Crippen LogP contribution >= 0.6 is 11.3 Å². The largest absolute Gasteiger partial charge is 0.307 e. The average Bonchev–Trinajstić information content (AvgIpc) is 2.82. The van der Waals surface area contributed by atoms with Gasteiger partial charge in [-0.25, -0.2) is 15.8 Å². The van der Waals surface area contributed by atoms with Gasteiger partial charge in [-0.2, -0.15) is 0 Å². The molecule has 0 bridgehead atoms. The lowest BCUT2D eigenvalue weighted by Gasteiger charge is -2.01. The van der Waals surface area contributed by atoms with Crippen molar-refractivity contribution in [3.05, 3.63) is 23.6 Å². The first-order chi connectivity index (χ1) is 7.79. The third kappa shape index (κ3) is 2.27. The molecule has 82 valence electrons. The quantitative estimate of drug-likeness (QED) is 0.502. The van der Waals surface area contributed by atoms with Crippen molar-refractivity contribution in [2.24, 2.45) is 5.84 Å². The van der Waals surface area contributed by atoms with E-state index < -0.39 is 5.91 Å². The van der Waals surface area contributed by atoms with Crippen LogP contribution in [0.15, 0.2) is 17.9 Å². The Balaban J connectivity index is 2.09. The molecule has 0 fully saturated rings. The van der Waals surface area contributed by atoms with Crippen molar-refractivity contribution in [3.8, 4) is 0 Å². The van der Waals surface area contributed by atoms with E-state index >= 15 is 0 Å². The lowest BCUT2D eigenvalue weighted by atomic mass is 10.4. The van der Waals surface area contributed by atoms with Crippen molar-refractivity contribution in [2.45, 2.75) is 0 Å². The summed E-state index contributed by atoms with van der Waals surface area (Å²) in [5.74, 6) is 5.10. The van der Waals surface area contributed by atoms with Crippen LogP contribution in [-0.2, 0) is 0 Å². The van der Waals surface area contributed by atoms with Crippen LogP contribution in [0.1, 0.15) is 10.5 Å². The predicted octanol–water partition coefficient (Wildman–Crippen LogP) is -0.134. The van der Waals surface area contributed by atoms with Gasteiger partial charge in [-0.15, -0.1) is 10.2 Å². The van der Waals surface area contributed by atoms with Gasteiger partial charge in [-0.1, -0.05) is 11.3 Å². The third-order valence-corrected chi connectivity index (χ3v) is 2.22. The lowest BCUT2D eigenvalue weighted by molar-refractivity contribution is 0.102. The molecule has 0 aliphatic rings. The smallest absolute Gasteiger partial charge is 0.277 e. The second kappa shape index (κ2) is 4.59. The summed E-state index contributed by atoms with van der Waals surface area (Å²) in [6.07, 6.45) is 2.67. The minimum atomic E-state index is -0.396. The maximum Gasteiger partial charge on any atom is 0.277 e. The number of nitrogens with zero attached hydrogens (tertiary/aromatic N) is 4. The molecular formula is C7H7N7OS. The summed E-state index contributed by atoms with van der Waals surface area (Å²) < 4.78 is 0. The molecule has 0 aromatic carbocycles. The van der Waals surface area contributed by atoms with Crippen LogP contribution in [0.5, 0.6) is 0 Å². The molecule has 0 aliphatic heterocycles. The van der Waals surface area contributed by atoms with Gasteiger partial charge >= 0.3 is 0 Å². The van der Waals surface area contributed by atoms with Gasteiger partial charge in [0.05, 0.1) is 12.4 Å². The summed E-state index contributed by atoms with van der Waals surface area (Å²) in [5, 5.41) is 10.2. The average molecular weight is 237 g/mol. The lowest BCUT2D eigenvalue weighted by Crippen LogP contribution is -2.15. The standard InChI is InChI=1S/C7H7N7OS/c8-13-5-2-9-4(1-10-5)6(15)12-7-14-11-3-16-7/h1-3H,8H2,(H,10,13)(H,12,14,15). The highest BCUT2D eigenvalue weighted by atomic mass is 32.1. The van der Waals surface area contributed by atoms with Crippen molar-refractivity contribution < 1.29 is 4.79 Å². The third-order valence-electron chi connectivity index (χ3n) is 1.61. The maximum atomic E-state index is 11.6. The Kier molecular flexibility index (Phi) is 2.98. The highest BCUT2D eigenvalue weighted by Gasteiger charge is 2.09. The number of nitrogens with one attached hydrogen (secondary N) is 2. The van der Waals surface area contributed by atoms with Crippen LogP contribution in [0.3, 0.4) is 0 Å². The molecule has 2 aromatic rings. The van der Waals surface area contributed by atoms with Gasteiger partial charge in [-0.3, -0.25) is 10.1 Å². The van der Waals surface area contributed by atoms with Crippen molar-refractivity contribution in [2.75, 3.05) is 10.7 Å². The summed E-state index contributed by atoms with van der Waals surface area (Å²) >= 11 is 1.22. The van der Waals surface area contributed by atoms with E-state index in [9.17, 15) is 4.79 Å². The molecule has 4 N–H and O–H groups in total. The van der Waals surface area contributed by atoms with Crippen LogP contribution in [0.4, 0.5) is 10.9 Å². The fourth-order valence-electron chi connectivity index (χ4n) is 0.909. The van der Waals surface area contributed by atoms with Gasteiger partial charge in [0.1, 0.15) is 11.2 Å². The van der Waals surface area contributed by atoms with E-state index in [4.69, 9.17) is 5.84 Å². The molecule has 0 radical (unpaired) electrons. The summed E-state index contributed by atoms with van der Waals surface area (Å²) in [6, 6.07) is 0. The molecule has 2 rings (SSSR count). The highest BCUT2D eigenvalue weighted by molar-refractivity contribution is 7.13. The Morgan fingerprint density at radius 1 is 1.38 bits per heavy atom. The van der Waals surface area contributed by atoms with Crippen LogP contribution in [0.25, 0.3) is 0 Å². The zero-order chi connectivity index (χ0) is 11.4. The number of aromatic nitrogens is 4. The number of nitrogen functional groups attached to an aromatic ring is 1. The van der Waals surface area contributed by atoms with Crippen molar-refractivity contribution in [3.63, 3.8) is 0 Å². The minimum Gasteiger partial charge on any atom is -0.307 e. The van der Waals surface area contributed by atoms with Crippen molar-refractivity contribution >= 4 is 28.2 Å². The van der Waals surface area contributed by atoms with Crippen molar-refractivity contribution in [1.82, 2.24) is 20.2 Å². The highest BCUT2D eigenvalue weighted by Crippen LogP contribution is 2.09. The first kappa shape index (κ1) is 10.4. The maximum absolute atomic E-state index is 11.6. The van der Waals surface area contributed by atoms with E-state index in [1.54, 1.807) is 0 Å². The predicted molar refractivity (Wildman–Crippen MR) is 57.7 cm³/mol. The normalized spacial score (nSPS) is 9.81. The number of hydrogen-bond donors (Lipinski definition) is 3. The Hall–Kier alpha value is -2.13. The Labute approximate surface area is 93.9 Å². The molecule has 0 unspecified atom stereocenters. The van der Waals surface area contributed by atoms with E-state index in [2.05, 4.69) is 30.9 Å². The molecule has 8 nitrogen and oxygen atoms in total. The first-order valence-corrected chi connectivity index (χ1v) is 5.04.